The van der Waals surface area contributed by atoms with E-state index in [9.17, 15) is 18.4 Å². The highest BCUT2D eigenvalue weighted by molar-refractivity contribution is 7.76. The van der Waals surface area contributed by atoms with E-state index in [0.717, 1.165) is 27.6 Å². The molecule has 1 saturated heterocycles. The molecule has 192 valence electrons. The smallest absolute Gasteiger partial charge is 0.305 e. The molecule has 0 amide bonds. The number of carbonyl (C=O) groups is 2. The first kappa shape index (κ1) is 26.5. The van der Waals surface area contributed by atoms with Crippen LogP contribution in [0.3, 0.4) is 0 Å². The van der Waals surface area contributed by atoms with Crippen molar-refractivity contribution in [2.45, 2.75) is 26.3 Å². The molecular weight excluding hydrogens is 490 g/mol. The number of Topliss-reactive ketones (excluding diaryl/α,β-unsaturated/α-hetero) is 1. The minimum Gasteiger partial charge on any atom is -0.481 e. The Labute approximate surface area is 218 Å². The number of rotatable bonds is 7. The van der Waals surface area contributed by atoms with Gasteiger partial charge in [-0.1, -0.05) is 36.1 Å². The molecule has 0 radical (unpaired) electrons. The summed E-state index contributed by atoms with van der Waals surface area (Å²) < 4.78 is 22.8. The second-order valence-electron chi connectivity index (χ2n) is 9.02. The van der Waals surface area contributed by atoms with Crippen molar-refractivity contribution in [3.05, 3.63) is 77.4 Å². The maximum Gasteiger partial charge on any atom is 0.305 e. The predicted octanol–water partition coefficient (Wildman–Crippen LogP) is 3.78. The highest BCUT2D eigenvalue weighted by Crippen LogP contribution is 2.22. The maximum atomic E-state index is 11.9. The van der Waals surface area contributed by atoms with Gasteiger partial charge in [0.05, 0.1) is 6.42 Å². The van der Waals surface area contributed by atoms with E-state index in [-0.39, 0.29) is 12.2 Å². The number of anilines is 1. The van der Waals surface area contributed by atoms with Crippen LogP contribution >= 0.6 is 0 Å². The van der Waals surface area contributed by atoms with E-state index in [0.29, 0.717) is 31.7 Å². The lowest BCUT2D eigenvalue weighted by molar-refractivity contribution is -0.139. The maximum absolute atomic E-state index is 11.9. The van der Waals surface area contributed by atoms with Gasteiger partial charge < -0.3 is 10.0 Å². The minimum atomic E-state index is -2.29. The van der Waals surface area contributed by atoms with Crippen molar-refractivity contribution in [3.8, 4) is 11.8 Å². The Morgan fingerprint density at radius 1 is 1.00 bits per heavy atom. The van der Waals surface area contributed by atoms with Gasteiger partial charge in [-0.3, -0.25) is 14.1 Å². The molecule has 9 heteroatoms. The average molecular weight is 520 g/mol. The summed E-state index contributed by atoms with van der Waals surface area (Å²) >= 11 is -2.29. The van der Waals surface area contributed by atoms with E-state index in [1.54, 1.807) is 18.9 Å². The summed E-state index contributed by atoms with van der Waals surface area (Å²) in [5.41, 5.74) is 3.49. The van der Waals surface area contributed by atoms with Crippen LogP contribution in [-0.2, 0) is 16.1 Å². The topological polar surface area (TPSA) is 101 Å². The van der Waals surface area contributed by atoms with Crippen LogP contribution < -0.4 is 4.90 Å². The summed E-state index contributed by atoms with van der Waals surface area (Å²) in [7, 11) is 0. The number of hydrazine groups is 1. The molecule has 0 aromatic heterocycles. The molecule has 4 rings (SSSR count). The fraction of sp³-hybridized carbons (Fsp3) is 0.286. The lowest BCUT2D eigenvalue weighted by Crippen LogP contribution is -2.57. The Kier molecular flexibility index (Phi) is 8.36. The quantitative estimate of drug-likeness (QED) is 0.278. The third-order valence-corrected chi connectivity index (χ3v) is 7.30. The van der Waals surface area contributed by atoms with E-state index >= 15 is 0 Å². The van der Waals surface area contributed by atoms with Gasteiger partial charge in [0.1, 0.15) is 0 Å². The number of fused-ring (bicyclic) bond motifs is 1. The lowest BCUT2D eigenvalue weighted by atomic mass is 10.00. The Hall–Kier alpha value is -3.55. The van der Waals surface area contributed by atoms with Crippen molar-refractivity contribution in [3.63, 3.8) is 0 Å². The number of aliphatic carboxylic acids is 1. The molecule has 3 aromatic carbocycles. The lowest BCUT2D eigenvalue weighted by Gasteiger charge is -2.41. The van der Waals surface area contributed by atoms with E-state index in [2.05, 4.69) is 16.7 Å². The Morgan fingerprint density at radius 3 is 2.27 bits per heavy atom. The minimum absolute atomic E-state index is 0.0411. The van der Waals surface area contributed by atoms with E-state index in [1.165, 1.54) is 4.41 Å². The summed E-state index contributed by atoms with van der Waals surface area (Å²) in [4.78, 5) is 25.1. The first-order valence-electron chi connectivity index (χ1n) is 12.0. The first-order chi connectivity index (χ1) is 17.7. The molecule has 0 spiro atoms. The van der Waals surface area contributed by atoms with Crippen molar-refractivity contribution < 1.29 is 23.5 Å². The fourth-order valence-electron chi connectivity index (χ4n) is 4.58. The Bertz CT molecular complexity index is 1390. The molecule has 0 bridgehead atoms. The first-order valence-corrected chi connectivity index (χ1v) is 13.1. The molecule has 0 saturated carbocycles. The van der Waals surface area contributed by atoms with Crippen LogP contribution in [0.25, 0.3) is 10.8 Å². The molecule has 2 unspecified atom stereocenters. The molecule has 1 heterocycles. The molecule has 2 atom stereocenters. The van der Waals surface area contributed by atoms with Crippen LogP contribution in [-0.4, -0.2) is 67.3 Å². The summed E-state index contributed by atoms with van der Waals surface area (Å²) in [5.74, 6) is 5.43. The number of piperazine rings is 1. The summed E-state index contributed by atoms with van der Waals surface area (Å²) in [6.45, 7) is 5.49. The number of nitrogens with zero attached hydrogens (tertiary/aromatic N) is 3. The van der Waals surface area contributed by atoms with Crippen LogP contribution in [0.15, 0.2) is 60.7 Å². The van der Waals surface area contributed by atoms with Crippen molar-refractivity contribution in [1.82, 2.24) is 9.42 Å². The van der Waals surface area contributed by atoms with Gasteiger partial charge in [0.2, 0.25) is 11.3 Å². The van der Waals surface area contributed by atoms with Gasteiger partial charge in [0, 0.05) is 54.6 Å². The highest BCUT2D eigenvalue weighted by Gasteiger charge is 2.30. The van der Waals surface area contributed by atoms with Crippen LogP contribution in [0.2, 0.25) is 0 Å². The van der Waals surface area contributed by atoms with Gasteiger partial charge in [-0.05, 0) is 61.0 Å². The van der Waals surface area contributed by atoms with Crippen molar-refractivity contribution in [2.24, 2.45) is 0 Å². The highest BCUT2D eigenvalue weighted by atomic mass is 32.2. The Balaban J connectivity index is 1.40. The fourth-order valence-corrected chi connectivity index (χ4v) is 5.33. The van der Waals surface area contributed by atoms with Crippen molar-refractivity contribution >= 4 is 39.5 Å². The number of carboxylic acids is 1. The zero-order valence-electron chi connectivity index (χ0n) is 20.8. The molecule has 2 N–H and O–H groups in total. The number of hydrogen-bond acceptors (Lipinski definition) is 5. The van der Waals surface area contributed by atoms with Gasteiger partial charge in [-0.25, -0.2) is 9.22 Å². The van der Waals surface area contributed by atoms with Crippen LogP contribution in [0.4, 0.5) is 5.69 Å². The number of benzene rings is 3. The molecule has 1 aliphatic rings. The molecule has 8 nitrogen and oxygen atoms in total. The summed E-state index contributed by atoms with van der Waals surface area (Å²) in [6.07, 6.45) is -0.215. The van der Waals surface area contributed by atoms with Crippen LogP contribution in [0.1, 0.15) is 41.8 Å². The molecule has 1 aliphatic heterocycles. The van der Waals surface area contributed by atoms with Gasteiger partial charge >= 0.3 is 5.97 Å². The number of carboxylic acid groups (broad SMARTS) is 1. The standard InChI is InChI=1S/C28H29N3O5S/c1-20(18-28(33)34)31(37(35)36)30-16-14-29(15-17-30)25-11-8-22(9-12-25)6-7-23-10-13-27-24(19-23)4-3-5-26(27)21(2)32/h3-5,8-13,19-20H,14-18H2,1-2H3,(H,33,34)(H,35,36). The Morgan fingerprint density at radius 2 is 1.65 bits per heavy atom. The van der Waals surface area contributed by atoms with E-state index in [4.69, 9.17) is 5.11 Å². The normalized spacial score (nSPS) is 15.7. The number of hydrogen-bond donors (Lipinski definition) is 2. The van der Waals surface area contributed by atoms with Crippen LogP contribution in [0.5, 0.6) is 0 Å². The van der Waals surface area contributed by atoms with Crippen molar-refractivity contribution in [2.75, 3.05) is 31.1 Å². The van der Waals surface area contributed by atoms with Crippen molar-refractivity contribution in [1.29, 1.82) is 0 Å². The monoisotopic (exact) mass is 519 g/mol. The van der Waals surface area contributed by atoms with Gasteiger partial charge in [-0.2, -0.15) is 0 Å². The zero-order valence-corrected chi connectivity index (χ0v) is 21.6. The van der Waals surface area contributed by atoms with E-state index < -0.39 is 23.3 Å². The van der Waals surface area contributed by atoms with E-state index in [1.807, 2.05) is 60.7 Å². The summed E-state index contributed by atoms with van der Waals surface area (Å²) in [5, 5.41) is 12.7. The second-order valence-corrected chi connectivity index (χ2v) is 9.85. The summed E-state index contributed by atoms with van der Waals surface area (Å²) in [6, 6.07) is 18.9. The zero-order chi connectivity index (χ0) is 26.5. The van der Waals surface area contributed by atoms with Crippen LogP contribution in [0, 0.1) is 11.8 Å². The molecule has 1 fully saturated rings. The average Bonchev–Trinajstić information content (AvgIpc) is 2.87. The molecular formula is C28H29N3O5S. The second kappa shape index (κ2) is 11.7. The SMILES string of the molecule is CC(=O)c1cccc2cc(C#Cc3ccc(N4CCN(N(C(C)CC(=O)O)S(=O)O)CC4)cc3)ccc12. The third kappa shape index (κ3) is 6.42. The third-order valence-electron chi connectivity index (χ3n) is 6.39. The predicted molar refractivity (Wildman–Crippen MR) is 144 cm³/mol. The number of carbonyl (C=O) groups excluding carboxylic acids is 1. The molecule has 0 aliphatic carbocycles. The van der Waals surface area contributed by atoms with Gasteiger partial charge in [-0.15, -0.1) is 4.41 Å². The molecule has 37 heavy (non-hydrogen) atoms. The van der Waals surface area contributed by atoms with Gasteiger partial charge in [0.15, 0.2) is 5.78 Å². The largest absolute Gasteiger partial charge is 0.481 e. The van der Waals surface area contributed by atoms with Gasteiger partial charge in [0.25, 0.3) is 0 Å². The molecule has 3 aromatic rings. The number of ketones is 1.